The summed E-state index contributed by atoms with van der Waals surface area (Å²) in [5.74, 6) is -1.88. The largest absolute Gasteiger partial charge is 0.460 e. The van der Waals surface area contributed by atoms with Gasteiger partial charge in [-0.25, -0.2) is 5.48 Å². The van der Waals surface area contributed by atoms with Gasteiger partial charge in [-0.15, -0.1) is 0 Å². The zero-order valence-corrected chi connectivity index (χ0v) is 15.8. The van der Waals surface area contributed by atoms with Gasteiger partial charge in [0, 0.05) is 0 Å². The van der Waals surface area contributed by atoms with Crippen LogP contribution in [-0.2, 0) is 25.8 Å². The number of carbonyl (C=O) groups is 2. The zero-order chi connectivity index (χ0) is 19.2. The first-order valence-corrected chi connectivity index (χ1v) is 9.09. The van der Waals surface area contributed by atoms with Crippen molar-refractivity contribution in [2.24, 2.45) is 5.92 Å². The SMILES string of the molecule is CC(C)(C)OC(=O)CC(C(=O)NOCc1ccccc1)C1(O)CCCC1. The highest BCUT2D eigenvalue weighted by atomic mass is 16.7. The van der Waals surface area contributed by atoms with E-state index in [1.54, 1.807) is 20.8 Å². The molecule has 0 aliphatic heterocycles. The number of aliphatic hydroxyl groups is 1. The molecule has 1 aliphatic carbocycles. The molecule has 144 valence electrons. The molecule has 2 N–H and O–H groups in total. The van der Waals surface area contributed by atoms with Crippen molar-refractivity contribution >= 4 is 11.9 Å². The van der Waals surface area contributed by atoms with Gasteiger partial charge in [0.25, 0.3) is 0 Å². The molecule has 0 spiro atoms. The lowest BCUT2D eigenvalue weighted by molar-refractivity contribution is -0.165. The van der Waals surface area contributed by atoms with Crippen LogP contribution in [0.15, 0.2) is 30.3 Å². The van der Waals surface area contributed by atoms with E-state index in [9.17, 15) is 14.7 Å². The normalized spacial score (nSPS) is 17.5. The van der Waals surface area contributed by atoms with Crippen molar-refractivity contribution < 1.29 is 24.3 Å². The Bertz CT molecular complexity index is 602. The number of hydrogen-bond acceptors (Lipinski definition) is 5. The van der Waals surface area contributed by atoms with Crippen LogP contribution in [0.2, 0.25) is 0 Å². The summed E-state index contributed by atoms with van der Waals surface area (Å²) in [4.78, 5) is 30.1. The molecule has 26 heavy (non-hydrogen) atoms. The van der Waals surface area contributed by atoms with Gasteiger partial charge in [0.2, 0.25) is 5.91 Å². The Kier molecular flexibility index (Phi) is 6.78. The van der Waals surface area contributed by atoms with Gasteiger partial charge in [0.1, 0.15) is 5.60 Å². The number of rotatable bonds is 7. The maximum Gasteiger partial charge on any atom is 0.307 e. The summed E-state index contributed by atoms with van der Waals surface area (Å²) in [7, 11) is 0. The quantitative estimate of drug-likeness (QED) is 0.575. The molecule has 2 rings (SSSR count). The molecule has 0 radical (unpaired) electrons. The fraction of sp³-hybridized carbons (Fsp3) is 0.600. The molecular formula is C20H29NO5. The van der Waals surface area contributed by atoms with Crippen LogP contribution in [0.4, 0.5) is 0 Å². The van der Waals surface area contributed by atoms with Crippen LogP contribution in [0, 0.1) is 5.92 Å². The van der Waals surface area contributed by atoms with E-state index in [0.29, 0.717) is 12.8 Å². The van der Waals surface area contributed by atoms with Crippen LogP contribution in [0.25, 0.3) is 0 Å². The van der Waals surface area contributed by atoms with E-state index in [0.717, 1.165) is 18.4 Å². The van der Waals surface area contributed by atoms with Crippen molar-refractivity contribution in [2.75, 3.05) is 0 Å². The Morgan fingerprint density at radius 1 is 1.19 bits per heavy atom. The van der Waals surface area contributed by atoms with Gasteiger partial charge < -0.3 is 9.84 Å². The minimum Gasteiger partial charge on any atom is -0.460 e. The zero-order valence-electron chi connectivity index (χ0n) is 15.8. The number of hydroxylamine groups is 1. The molecule has 1 aromatic carbocycles. The van der Waals surface area contributed by atoms with Gasteiger partial charge in [-0.3, -0.25) is 14.4 Å². The fourth-order valence-corrected chi connectivity index (χ4v) is 3.25. The maximum absolute atomic E-state index is 12.6. The van der Waals surface area contributed by atoms with Crippen LogP contribution >= 0.6 is 0 Å². The lowest BCUT2D eigenvalue weighted by Gasteiger charge is -2.31. The number of carbonyl (C=O) groups excluding carboxylic acids is 2. The van der Waals surface area contributed by atoms with Crippen LogP contribution in [-0.4, -0.2) is 28.2 Å². The standard InChI is InChI=1S/C20H29NO5/c1-19(2,3)26-17(22)13-16(20(24)11-7-8-12-20)18(23)21-25-14-15-9-5-4-6-10-15/h4-6,9-10,16,24H,7-8,11-14H2,1-3H3,(H,21,23). The van der Waals surface area contributed by atoms with Gasteiger partial charge in [-0.2, -0.15) is 0 Å². The number of esters is 1. The lowest BCUT2D eigenvalue weighted by Crippen LogP contribution is -2.47. The first kappa shape index (κ1) is 20.4. The van der Waals surface area contributed by atoms with Crippen molar-refractivity contribution in [1.29, 1.82) is 0 Å². The Morgan fingerprint density at radius 2 is 1.81 bits per heavy atom. The minimum absolute atomic E-state index is 0.172. The number of hydrogen-bond donors (Lipinski definition) is 2. The van der Waals surface area contributed by atoms with Crippen molar-refractivity contribution in [3.63, 3.8) is 0 Å². The molecule has 1 amide bonds. The summed E-state index contributed by atoms with van der Waals surface area (Å²) in [5.41, 5.74) is 1.47. The molecule has 0 heterocycles. The van der Waals surface area contributed by atoms with E-state index in [-0.39, 0.29) is 13.0 Å². The highest BCUT2D eigenvalue weighted by Gasteiger charge is 2.45. The Labute approximate surface area is 154 Å². The summed E-state index contributed by atoms with van der Waals surface area (Å²) in [6.45, 7) is 5.53. The molecule has 1 aliphatic rings. The summed E-state index contributed by atoms with van der Waals surface area (Å²) in [6.07, 6.45) is 2.48. The van der Waals surface area contributed by atoms with Crippen LogP contribution in [0.3, 0.4) is 0 Å². The number of nitrogens with one attached hydrogen (secondary N) is 1. The maximum atomic E-state index is 12.6. The predicted octanol–water partition coefficient (Wildman–Crippen LogP) is 2.89. The molecule has 1 atom stereocenters. The molecule has 6 nitrogen and oxygen atoms in total. The topological polar surface area (TPSA) is 84.9 Å². The smallest absolute Gasteiger partial charge is 0.307 e. The van der Waals surface area contributed by atoms with Gasteiger partial charge in [-0.1, -0.05) is 43.2 Å². The monoisotopic (exact) mass is 363 g/mol. The van der Waals surface area contributed by atoms with Gasteiger partial charge in [0.05, 0.1) is 24.5 Å². The summed E-state index contributed by atoms with van der Waals surface area (Å²) in [6, 6.07) is 9.43. The van der Waals surface area contributed by atoms with Crippen molar-refractivity contribution in [2.45, 2.75) is 70.7 Å². The van der Waals surface area contributed by atoms with Gasteiger partial charge in [0.15, 0.2) is 0 Å². The molecule has 6 heteroatoms. The number of amides is 1. The summed E-state index contributed by atoms with van der Waals surface area (Å²) in [5, 5.41) is 10.9. The number of ether oxygens (including phenoxy) is 1. The summed E-state index contributed by atoms with van der Waals surface area (Å²) < 4.78 is 5.33. The van der Waals surface area contributed by atoms with Crippen LogP contribution < -0.4 is 5.48 Å². The second-order valence-corrected chi connectivity index (χ2v) is 7.89. The minimum atomic E-state index is -1.20. The molecule has 1 unspecified atom stereocenters. The Morgan fingerprint density at radius 3 is 2.38 bits per heavy atom. The first-order chi connectivity index (χ1) is 12.2. The third-order valence-electron chi connectivity index (χ3n) is 4.48. The van der Waals surface area contributed by atoms with Crippen molar-refractivity contribution in [1.82, 2.24) is 5.48 Å². The predicted molar refractivity (Wildman–Crippen MR) is 96.7 cm³/mol. The second-order valence-electron chi connectivity index (χ2n) is 7.89. The molecular weight excluding hydrogens is 334 g/mol. The van der Waals surface area contributed by atoms with Crippen molar-refractivity contribution in [3.05, 3.63) is 35.9 Å². The average Bonchev–Trinajstić information content (AvgIpc) is 2.99. The first-order valence-electron chi connectivity index (χ1n) is 9.09. The lowest BCUT2D eigenvalue weighted by atomic mass is 9.83. The van der Waals surface area contributed by atoms with Gasteiger partial charge in [-0.05, 0) is 39.2 Å². The molecule has 1 fully saturated rings. The molecule has 1 saturated carbocycles. The summed E-state index contributed by atoms with van der Waals surface area (Å²) >= 11 is 0. The molecule has 1 aromatic rings. The third kappa shape index (κ3) is 6.11. The van der Waals surface area contributed by atoms with E-state index in [1.165, 1.54) is 0 Å². The third-order valence-corrected chi connectivity index (χ3v) is 4.48. The molecule has 0 aromatic heterocycles. The Hall–Kier alpha value is -1.92. The number of benzene rings is 1. The van der Waals surface area contributed by atoms with E-state index in [2.05, 4.69) is 5.48 Å². The second kappa shape index (κ2) is 8.64. The fourth-order valence-electron chi connectivity index (χ4n) is 3.25. The highest BCUT2D eigenvalue weighted by molar-refractivity contribution is 5.84. The Balaban J connectivity index is 1.98. The highest BCUT2D eigenvalue weighted by Crippen LogP contribution is 2.38. The van der Waals surface area contributed by atoms with Gasteiger partial charge >= 0.3 is 5.97 Å². The molecule has 0 bridgehead atoms. The van der Waals surface area contributed by atoms with E-state index >= 15 is 0 Å². The average molecular weight is 363 g/mol. The van der Waals surface area contributed by atoms with E-state index in [1.807, 2.05) is 30.3 Å². The van der Waals surface area contributed by atoms with Crippen molar-refractivity contribution in [3.8, 4) is 0 Å². The molecule has 0 saturated heterocycles. The van der Waals surface area contributed by atoms with E-state index in [4.69, 9.17) is 9.57 Å². The van der Waals surface area contributed by atoms with Crippen LogP contribution in [0.1, 0.15) is 58.4 Å². The van der Waals surface area contributed by atoms with Crippen LogP contribution in [0.5, 0.6) is 0 Å². The van der Waals surface area contributed by atoms with E-state index < -0.39 is 29.0 Å².